The molecule has 1 aromatic rings. The van der Waals surface area contributed by atoms with Gasteiger partial charge in [0.1, 0.15) is 11.4 Å². The van der Waals surface area contributed by atoms with Crippen LogP contribution in [-0.2, 0) is 17.1 Å². The number of alkyl halides is 4. The van der Waals surface area contributed by atoms with Gasteiger partial charge in [0.25, 0.3) is 0 Å². The molecular weight excluding hydrogens is 319 g/mol. The lowest BCUT2D eigenvalue weighted by Crippen LogP contribution is -2.40. The van der Waals surface area contributed by atoms with Gasteiger partial charge in [0.05, 0.1) is 11.4 Å². The number of sulfonamides is 1. The molecule has 5 nitrogen and oxygen atoms in total. The first-order valence-electron chi connectivity index (χ1n) is 5.63. The van der Waals surface area contributed by atoms with Gasteiger partial charge in [-0.2, -0.15) is 22.6 Å². The Morgan fingerprint density at radius 2 is 1.90 bits per heavy atom. The number of nitrogens with zero attached hydrogens (tertiary/aromatic N) is 3. The number of hydrogen-bond acceptors (Lipinski definition) is 3. The lowest BCUT2D eigenvalue weighted by molar-refractivity contribution is -0.135. The highest BCUT2D eigenvalue weighted by Crippen LogP contribution is 2.26. The summed E-state index contributed by atoms with van der Waals surface area (Å²) in [6, 6.07) is 0. The van der Waals surface area contributed by atoms with Crippen molar-refractivity contribution in [2.45, 2.75) is 24.9 Å². The Morgan fingerprint density at radius 1 is 1.35 bits per heavy atom. The molecule has 0 bridgehead atoms. The lowest BCUT2D eigenvalue weighted by atomic mass is 10.4. The van der Waals surface area contributed by atoms with Crippen LogP contribution < -0.4 is 0 Å². The molecule has 0 aliphatic carbocycles. The molecule has 0 saturated heterocycles. The van der Waals surface area contributed by atoms with E-state index in [-0.39, 0.29) is 22.2 Å². The number of aromatic nitrogens is 2. The Morgan fingerprint density at radius 3 is 2.25 bits per heavy atom. The molecule has 0 aromatic carbocycles. The van der Waals surface area contributed by atoms with Crippen LogP contribution in [0.25, 0.3) is 0 Å². The van der Waals surface area contributed by atoms with Crippen LogP contribution in [0.2, 0.25) is 0 Å². The summed E-state index contributed by atoms with van der Waals surface area (Å²) in [6.07, 6.45) is -4.64. The maximum absolute atomic E-state index is 12.5. The van der Waals surface area contributed by atoms with Gasteiger partial charge in [-0.25, -0.2) is 8.42 Å². The molecule has 20 heavy (non-hydrogen) atoms. The second-order valence-corrected chi connectivity index (χ2v) is 6.52. The quantitative estimate of drug-likeness (QED) is 0.772. The van der Waals surface area contributed by atoms with E-state index in [9.17, 15) is 21.6 Å². The summed E-state index contributed by atoms with van der Waals surface area (Å²) in [6.45, 7) is 0.929. The van der Waals surface area contributed by atoms with Crippen molar-refractivity contribution in [2.75, 3.05) is 19.0 Å². The molecule has 0 amide bonds. The third-order valence-corrected chi connectivity index (χ3v) is 5.00. The van der Waals surface area contributed by atoms with Crippen LogP contribution in [0.4, 0.5) is 13.2 Å². The topological polar surface area (TPSA) is 55.2 Å². The van der Waals surface area contributed by atoms with Gasteiger partial charge in [0, 0.05) is 19.5 Å². The molecule has 1 rings (SSSR count). The highest BCUT2D eigenvalue weighted by molar-refractivity contribution is 7.89. The third kappa shape index (κ3) is 3.64. The van der Waals surface area contributed by atoms with Gasteiger partial charge < -0.3 is 0 Å². The Balaban J connectivity index is 3.30. The fourth-order valence-corrected chi connectivity index (χ4v) is 3.97. The van der Waals surface area contributed by atoms with Crippen LogP contribution in [-0.4, -0.2) is 47.6 Å². The van der Waals surface area contributed by atoms with E-state index >= 15 is 0 Å². The minimum absolute atomic E-state index is 0.159. The van der Waals surface area contributed by atoms with E-state index in [2.05, 4.69) is 5.10 Å². The van der Waals surface area contributed by atoms with Crippen molar-refractivity contribution in [1.29, 1.82) is 0 Å². The Hall–Kier alpha value is -0.800. The maximum Gasteiger partial charge on any atom is 0.402 e. The summed E-state index contributed by atoms with van der Waals surface area (Å²) in [5.41, 5.74) is 0.441. The van der Waals surface area contributed by atoms with E-state index in [1.165, 1.54) is 25.6 Å². The number of rotatable bonds is 5. The van der Waals surface area contributed by atoms with Crippen LogP contribution in [0.15, 0.2) is 4.90 Å². The van der Waals surface area contributed by atoms with E-state index in [0.717, 1.165) is 0 Å². The molecule has 1 aromatic heterocycles. The zero-order valence-corrected chi connectivity index (χ0v) is 12.8. The van der Waals surface area contributed by atoms with E-state index in [4.69, 9.17) is 11.6 Å². The Kier molecular flexibility index (Phi) is 5.09. The molecular formula is C10H15ClF3N3O2S. The highest BCUT2D eigenvalue weighted by Gasteiger charge is 2.38. The SMILES string of the molecule is Cc1nn(C)c(C)c1S(=O)(=O)N(CCCl)CC(F)(F)F. The molecule has 116 valence electrons. The zero-order chi connectivity index (χ0) is 15.7. The van der Waals surface area contributed by atoms with Gasteiger partial charge in [0.2, 0.25) is 10.0 Å². The fraction of sp³-hybridized carbons (Fsp3) is 0.700. The predicted octanol–water partition coefficient (Wildman–Crippen LogP) is 1.83. The average Bonchev–Trinajstić information content (AvgIpc) is 2.50. The fourth-order valence-electron chi connectivity index (χ4n) is 1.84. The molecule has 0 radical (unpaired) electrons. The third-order valence-electron chi connectivity index (χ3n) is 2.73. The predicted molar refractivity (Wildman–Crippen MR) is 68.2 cm³/mol. The maximum atomic E-state index is 12.5. The largest absolute Gasteiger partial charge is 0.402 e. The molecule has 0 spiro atoms. The summed E-state index contributed by atoms with van der Waals surface area (Å²) < 4.78 is 63.9. The number of hydrogen-bond donors (Lipinski definition) is 0. The summed E-state index contributed by atoms with van der Waals surface area (Å²) >= 11 is 5.41. The van der Waals surface area contributed by atoms with Crippen molar-refractivity contribution < 1.29 is 21.6 Å². The van der Waals surface area contributed by atoms with Gasteiger partial charge in [-0.05, 0) is 13.8 Å². The highest BCUT2D eigenvalue weighted by atomic mass is 35.5. The van der Waals surface area contributed by atoms with Crippen LogP contribution in [0.1, 0.15) is 11.4 Å². The van der Waals surface area contributed by atoms with E-state index in [1.54, 1.807) is 0 Å². The van der Waals surface area contributed by atoms with Gasteiger partial charge in [-0.1, -0.05) is 0 Å². The van der Waals surface area contributed by atoms with Gasteiger partial charge in [-0.15, -0.1) is 11.6 Å². The lowest BCUT2D eigenvalue weighted by Gasteiger charge is -2.22. The molecule has 0 saturated carbocycles. The van der Waals surface area contributed by atoms with E-state index < -0.39 is 29.3 Å². The molecule has 0 aliphatic heterocycles. The van der Waals surface area contributed by atoms with Crippen molar-refractivity contribution in [3.63, 3.8) is 0 Å². The van der Waals surface area contributed by atoms with Crippen molar-refractivity contribution in [2.24, 2.45) is 7.05 Å². The summed E-state index contributed by atoms with van der Waals surface area (Å²) in [5, 5.41) is 3.91. The minimum Gasteiger partial charge on any atom is -0.271 e. The first-order valence-corrected chi connectivity index (χ1v) is 7.61. The normalized spacial score (nSPS) is 13.2. The van der Waals surface area contributed by atoms with Gasteiger partial charge >= 0.3 is 6.18 Å². The molecule has 0 N–H and O–H groups in total. The molecule has 0 fully saturated rings. The Labute approximate surface area is 120 Å². The standard InChI is InChI=1S/C10H15ClF3N3O2S/c1-7-9(8(2)16(3)15-7)20(18,19)17(5-4-11)6-10(12,13)14/h4-6H2,1-3H3. The van der Waals surface area contributed by atoms with Crippen LogP contribution >= 0.6 is 11.6 Å². The average molecular weight is 334 g/mol. The first kappa shape index (κ1) is 17.3. The van der Waals surface area contributed by atoms with Crippen LogP contribution in [0.5, 0.6) is 0 Å². The molecule has 0 unspecified atom stereocenters. The van der Waals surface area contributed by atoms with Crippen molar-refractivity contribution in [3.8, 4) is 0 Å². The van der Waals surface area contributed by atoms with E-state index in [1.807, 2.05) is 0 Å². The second kappa shape index (κ2) is 5.90. The molecule has 0 aliphatic rings. The smallest absolute Gasteiger partial charge is 0.271 e. The molecule has 10 heteroatoms. The zero-order valence-electron chi connectivity index (χ0n) is 11.2. The van der Waals surface area contributed by atoms with Crippen LogP contribution in [0, 0.1) is 13.8 Å². The summed E-state index contributed by atoms with van der Waals surface area (Å²) in [7, 11) is -2.77. The van der Waals surface area contributed by atoms with Crippen LogP contribution in [0.3, 0.4) is 0 Å². The summed E-state index contributed by atoms with van der Waals surface area (Å²) in [4.78, 5) is -0.200. The second-order valence-electron chi connectivity index (χ2n) is 4.27. The van der Waals surface area contributed by atoms with Gasteiger partial charge in [0.15, 0.2) is 0 Å². The number of aryl methyl sites for hydroxylation is 2. The minimum atomic E-state index is -4.64. The van der Waals surface area contributed by atoms with E-state index in [0.29, 0.717) is 4.31 Å². The first-order chi connectivity index (χ1) is 9.00. The monoisotopic (exact) mass is 333 g/mol. The Bertz CT molecular complexity index is 583. The van der Waals surface area contributed by atoms with Crippen molar-refractivity contribution >= 4 is 21.6 Å². The molecule has 0 atom stereocenters. The van der Waals surface area contributed by atoms with Crippen molar-refractivity contribution in [3.05, 3.63) is 11.4 Å². The van der Waals surface area contributed by atoms with Gasteiger partial charge in [-0.3, -0.25) is 4.68 Å². The number of halogens is 4. The molecule has 1 heterocycles. The van der Waals surface area contributed by atoms with Crippen molar-refractivity contribution in [1.82, 2.24) is 14.1 Å². The summed E-state index contributed by atoms with van der Waals surface area (Å²) in [5.74, 6) is -0.229.